The lowest BCUT2D eigenvalue weighted by molar-refractivity contribution is 0.669. The molecule has 0 aliphatic rings. The van der Waals surface area contributed by atoms with E-state index in [9.17, 15) is 0 Å². The van der Waals surface area contributed by atoms with Crippen LogP contribution in [0.25, 0.3) is 66.4 Å². The van der Waals surface area contributed by atoms with Crippen LogP contribution in [0.15, 0.2) is 259 Å². The van der Waals surface area contributed by atoms with Crippen molar-refractivity contribution in [1.29, 1.82) is 0 Å². The number of furan rings is 1. The van der Waals surface area contributed by atoms with Gasteiger partial charge in [0, 0.05) is 50.8 Å². The lowest BCUT2D eigenvalue weighted by atomic mass is 9.95. The van der Waals surface area contributed by atoms with E-state index in [1.165, 1.54) is 22.3 Å². The van der Waals surface area contributed by atoms with E-state index in [4.69, 9.17) is 4.42 Å². The number of benzene rings is 10. The molecule has 0 amide bonds. The Labute approximate surface area is 368 Å². The molecule has 3 nitrogen and oxygen atoms in total. The molecule has 1 heterocycles. The maximum atomic E-state index is 6.34. The summed E-state index contributed by atoms with van der Waals surface area (Å²) in [7, 11) is 0. The molecule has 3 heteroatoms. The zero-order valence-electron chi connectivity index (χ0n) is 34.6. The van der Waals surface area contributed by atoms with Gasteiger partial charge in [0.25, 0.3) is 0 Å². The van der Waals surface area contributed by atoms with Gasteiger partial charge in [0.05, 0.1) is 5.69 Å². The molecule has 0 unspecified atom stereocenters. The van der Waals surface area contributed by atoms with Gasteiger partial charge >= 0.3 is 0 Å². The lowest BCUT2D eigenvalue weighted by Crippen LogP contribution is -2.11. The number of fused-ring (bicyclic) bond motifs is 3. The second-order valence-electron chi connectivity index (χ2n) is 15.8. The SMILES string of the molecule is c1ccc(-c2ccc(N(c3ccc(-c4ccccc4)cc3)c3ccc(-c4ccc(N(c5ccccc5)c5ccc6c(c5)oc5ccccc56)cc4)cc3-c3ccccc3)cc2)cc1. The smallest absolute Gasteiger partial charge is 0.137 e. The van der Waals surface area contributed by atoms with E-state index in [0.717, 1.165) is 78.3 Å². The van der Waals surface area contributed by atoms with Crippen LogP contribution in [0.2, 0.25) is 0 Å². The summed E-state index contributed by atoms with van der Waals surface area (Å²) in [6.07, 6.45) is 0. The molecular formula is C60H42N2O. The molecule has 0 radical (unpaired) electrons. The summed E-state index contributed by atoms with van der Waals surface area (Å²) >= 11 is 0. The summed E-state index contributed by atoms with van der Waals surface area (Å²) in [6.45, 7) is 0. The van der Waals surface area contributed by atoms with Crippen molar-refractivity contribution in [3.8, 4) is 44.5 Å². The van der Waals surface area contributed by atoms with E-state index >= 15 is 0 Å². The third-order valence-corrected chi connectivity index (χ3v) is 11.9. The van der Waals surface area contributed by atoms with Gasteiger partial charge in [-0.2, -0.15) is 0 Å². The van der Waals surface area contributed by atoms with Crippen LogP contribution >= 0.6 is 0 Å². The Morgan fingerprint density at radius 1 is 0.238 bits per heavy atom. The highest BCUT2D eigenvalue weighted by Crippen LogP contribution is 2.44. The van der Waals surface area contributed by atoms with Crippen LogP contribution in [0.4, 0.5) is 34.1 Å². The minimum Gasteiger partial charge on any atom is -0.456 e. The molecule has 0 saturated carbocycles. The molecule has 11 rings (SSSR count). The third-order valence-electron chi connectivity index (χ3n) is 11.9. The lowest BCUT2D eigenvalue weighted by Gasteiger charge is -2.29. The zero-order valence-corrected chi connectivity index (χ0v) is 34.6. The van der Waals surface area contributed by atoms with Crippen LogP contribution in [-0.2, 0) is 0 Å². The van der Waals surface area contributed by atoms with Crippen molar-refractivity contribution in [1.82, 2.24) is 0 Å². The van der Waals surface area contributed by atoms with Gasteiger partial charge < -0.3 is 14.2 Å². The average Bonchev–Trinajstić information content (AvgIpc) is 3.74. The number of hydrogen-bond donors (Lipinski definition) is 0. The van der Waals surface area contributed by atoms with Crippen molar-refractivity contribution in [2.45, 2.75) is 0 Å². The second-order valence-corrected chi connectivity index (χ2v) is 15.8. The Morgan fingerprint density at radius 3 is 1.21 bits per heavy atom. The van der Waals surface area contributed by atoms with Gasteiger partial charge in [-0.25, -0.2) is 0 Å². The number of nitrogens with zero attached hydrogens (tertiary/aromatic N) is 2. The standard InChI is InChI=1S/C60H42N2O/c1-5-15-43(16-6-1)45-25-34-52(35-26-45)62(53-36-27-46(28-37-53)44-17-7-2-8-18-44)58-40-31-49(41-57(58)48-19-9-3-10-20-48)47-29-32-51(33-30-47)61(50-21-11-4-12-22-50)54-38-39-56-55-23-13-14-24-59(55)63-60(56)42-54/h1-42H. The molecule has 0 aliphatic heterocycles. The molecular weight excluding hydrogens is 765 g/mol. The maximum absolute atomic E-state index is 6.34. The Hall–Kier alpha value is -8.40. The van der Waals surface area contributed by atoms with Crippen LogP contribution in [0.5, 0.6) is 0 Å². The van der Waals surface area contributed by atoms with E-state index < -0.39 is 0 Å². The summed E-state index contributed by atoms with van der Waals surface area (Å²) in [4.78, 5) is 4.67. The predicted molar refractivity (Wildman–Crippen MR) is 265 cm³/mol. The fraction of sp³-hybridized carbons (Fsp3) is 0. The zero-order chi connectivity index (χ0) is 42.0. The third kappa shape index (κ3) is 7.43. The summed E-state index contributed by atoms with van der Waals surface area (Å²) in [6, 6.07) is 90.7. The molecule has 1 aromatic heterocycles. The Kier molecular flexibility index (Phi) is 9.89. The van der Waals surface area contributed by atoms with Gasteiger partial charge in [-0.05, 0) is 118 Å². The molecule has 0 spiro atoms. The summed E-state index contributed by atoms with van der Waals surface area (Å²) < 4.78 is 6.34. The van der Waals surface area contributed by atoms with E-state index in [2.05, 4.69) is 252 Å². The predicted octanol–water partition coefficient (Wildman–Crippen LogP) is 17.2. The minimum absolute atomic E-state index is 0.869. The van der Waals surface area contributed by atoms with E-state index in [1.807, 2.05) is 12.1 Å². The van der Waals surface area contributed by atoms with Crippen molar-refractivity contribution < 1.29 is 4.42 Å². The van der Waals surface area contributed by atoms with E-state index in [0.29, 0.717) is 0 Å². The Bertz CT molecular complexity index is 3210. The fourth-order valence-electron chi connectivity index (χ4n) is 8.73. The van der Waals surface area contributed by atoms with Crippen molar-refractivity contribution in [3.63, 3.8) is 0 Å². The molecule has 10 aromatic carbocycles. The van der Waals surface area contributed by atoms with Crippen LogP contribution in [-0.4, -0.2) is 0 Å². The summed E-state index contributed by atoms with van der Waals surface area (Å²) in [5, 5.41) is 2.24. The van der Waals surface area contributed by atoms with Crippen molar-refractivity contribution in [3.05, 3.63) is 255 Å². The molecule has 0 atom stereocenters. The number of anilines is 6. The van der Waals surface area contributed by atoms with Gasteiger partial charge in [0.2, 0.25) is 0 Å². The minimum atomic E-state index is 0.869. The molecule has 298 valence electrons. The van der Waals surface area contributed by atoms with Crippen molar-refractivity contribution >= 4 is 56.1 Å². The molecule has 11 aromatic rings. The Balaban J connectivity index is 0.999. The Morgan fingerprint density at radius 2 is 0.635 bits per heavy atom. The molecule has 0 aliphatic carbocycles. The molecule has 0 bridgehead atoms. The number of rotatable bonds is 10. The van der Waals surface area contributed by atoms with Crippen LogP contribution in [0.1, 0.15) is 0 Å². The highest BCUT2D eigenvalue weighted by atomic mass is 16.3. The van der Waals surface area contributed by atoms with Gasteiger partial charge in [-0.1, -0.05) is 170 Å². The molecule has 0 N–H and O–H groups in total. The average molecular weight is 807 g/mol. The summed E-state index contributed by atoms with van der Waals surface area (Å²) in [5.41, 5.74) is 17.5. The van der Waals surface area contributed by atoms with Gasteiger partial charge in [-0.15, -0.1) is 0 Å². The maximum Gasteiger partial charge on any atom is 0.137 e. The molecule has 0 saturated heterocycles. The first-order valence-electron chi connectivity index (χ1n) is 21.4. The largest absolute Gasteiger partial charge is 0.456 e. The first-order chi connectivity index (χ1) is 31.2. The van der Waals surface area contributed by atoms with E-state index in [1.54, 1.807) is 0 Å². The second kappa shape index (κ2) is 16.6. The fourth-order valence-corrected chi connectivity index (χ4v) is 8.73. The van der Waals surface area contributed by atoms with Crippen molar-refractivity contribution in [2.75, 3.05) is 9.80 Å². The number of para-hydroxylation sites is 2. The number of hydrogen-bond acceptors (Lipinski definition) is 3. The van der Waals surface area contributed by atoms with Crippen molar-refractivity contribution in [2.24, 2.45) is 0 Å². The highest BCUT2D eigenvalue weighted by Gasteiger charge is 2.20. The van der Waals surface area contributed by atoms with Gasteiger partial charge in [-0.3, -0.25) is 0 Å². The monoisotopic (exact) mass is 806 g/mol. The van der Waals surface area contributed by atoms with E-state index in [-0.39, 0.29) is 0 Å². The normalized spacial score (nSPS) is 11.2. The molecule has 63 heavy (non-hydrogen) atoms. The van der Waals surface area contributed by atoms with Crippen LogP contribution in [0, 0.1) is 0 Å². The quantitative estimate of drug-likeness (QED) is 0.137. The molecule has 0 fully saturated rings. The highest BCUT2D eigenvalue weighted by molar-refractivity contribution is 6.06. The first-order valence-corrected chi connectivity index (χ1v) is 21.4. The summed E-state index contributed by atoms with van der Waals surface area (Å²) in [5.74, 6) is 0. The van der Waals surface area contributed by atoms with Crippen LogP contribution in [0.3, 0.4) is 0 Å². The first kappa shape index (κ1) is 37.6. The van der Waals surface area contributed by atoms with Gasteiger partial charge in [0.15, 0.2) is 0 Å². The van der Waals surface area contributed by atoms with Crippen LogP contribution < -0.4 is 9.80 Å². The topological polar surface area (TPSA) is 19.6 Å². The van der Waals surface area contributed by atoms with Gasteiger partial charge in [0.1, 0.15) is 11.2 Å².